The number of aromatic nitrogens is 1. The highest BCUT2D eigenvalue weighted by atomic mass is 32.1. The van der Waals surface area contributed by atoms with E-state index in [0.717, 1.165) is 23.1 Å². The molecular formula is C12H20N2OS. The van der Waals surface area contributed by atoms with Gasteiger partial charge in [-0.3, -0.25) is 4.79 Å². The molecule has 0 bridgehead atoms. The van der Waals surface area contributed by atoms with Crippen LogP contribution in [0.1, 0.15) is 43.8 Å². The highest BCUT2D eigenvalue weighted by molar-refractivity contribution is 7.17. The van der Waals surface area contributed by atoms with Crippen LogP contribution in [-0.2, 0) is 0 Å². The number of nitrogens with zero attached hydrogens (tertiary/aromatic N) is 2. The molecule has 0 aliphatic carbocycles. The fraction of sp³-hybridized carbons (Fsp3) is 0.667. The van der Waals surface area contributed by atoms with E-state index in [4.69, 9.17) is 0 Å². The Balaban J connectivity index is 2.74. The van der Waals surface area contributed by atoms with Crippen LogP contribution in [0.5, 0.6) is 0 Å². The van der Waals surface area contributed by atoms with E-state index in [0.29, 0.717) is 5.92 Å². The molecule has 1 atom stereocenters. The van der Waals surface area contributed by atoms with Crippen LogP contribution in [0.4, 0.5) is 5.13 Å². The predicted molar refractivity (Wildman–Crippen MR) is 69.5 cm³/mol. The predicted octanol–water partition coefficient (Wildman–Crippen LogP) is 3.22. The number of carbonyl (C=O) groups excluding carboxylic acids is 1. The molecular weight excluding hydrogens is 220 g/mol. The minimum atomic E-state index is 0.100. The monoisotopic (exact) mass is 240 g/mol. The molecule has 0 fully saturated rings. The Morgan fingerprint density at radius 2 is 2.25 bits per heavy atom. The lowest BCUT2D eigenvalue weighted by Crippen LogP contribution is -2.27. The number of thiazole rings is 1. The van der Waals surface area contributed by atoms with Crippen molar-refractivity contribution < 1.29 is 4.79 Å². The van der Waals surface area contributed by atoms with Crippen LogP contribution in [0, 0.1) is 5.92 Å². The fourth-order valence-electron chi connectivity index (χ4n) is 1.42. The van der Waals surface area contributed by atoms with Crippen molar-refractivity contribution in [2.75, 3.05) is 18.0 Å². The van der Waals surface area contributed by atoms with E-state index in [-0.39, 0.29) is 5.78 Å². The zero-order chi connectivity index (χ0) is 12.1. The average Bonchev–Trinajstić information content (AvgIpc) is 2.74. The largest absolute Gasteiger partial charge is 0.348 e. The molecule has 16 heavy (non-hydrogen) atoms. The quantitative estimate of drug-likeness (QED) is 0.716. The van der Waals surface area contributed by atoms with Crippen LogP contribution in [0.2, 0.25) is 0 Å². The Labute approximate surface area is 101 Å². The van der Waals surface area contributed by atoms with Crippen molar-refractivity contribution in [3.05, 3.63) is 11.1 Å². The Hall–Kier alpha value is -0.900. The Morgan fingerprint density at radius 1 is 1.56 bits per heavy atom. The third-order valence-corrected chi connectivity index (χ3v) is 3.88. The number of rotatable bonds is 6. The Bertz CT molecular complexity index is 349. The van der Waals surface area contributed by atoms with Crippen molar-refractivity contribution in [3.63, 3.8) is 0 Å². The zero-order valence-corrected chi connectivity index (χ0v) is 11.3. The van der Waals surface area contributed by atoms with Gasteiger partial charge in [0.25, 0.3) is 0 Å². The first kappa shape index (κ1) is 13.2. The van der Waals surface area contributed by atoms with E-state index in [9.17, 15) is 4.79 Å². The summed E-state index contributed by atoms with van der Waals surface area (Å²) in [5.41, 5.74) is 0. The summed E-state index contributed by atoms with van der Waals surface area (Å²) in [4.78, 5) is 18.5. The van der Waals surface area contributed by atoms with Gasteiger partial charge >= 0.3 is 0 Å². The topological polar surface area (TPSA) is 33.2 Å². The van der Waals surface area contributed by atoms with Gasteiger partial charge in [0.05, 0.1) is 11.1 Å². The summed E-state index contributed by atoms with van der Waals surface area (Å²) >= 11 is 1.49. The number of Topliss-reactive ketones (excluding diaryl/α,β-unsaturated/α-hetero) is 1. The summed E-state index contributed by atoms with van der Waals surface area (Å²) in [5.74, 6) is 0.757. The summed E-state index contributed by atoms with van der Waals surface area (Å²) in [6.07, 6.45) is 2.85. The molecule has 1 rings (SSSR count). The van der Waals surface area contributed by atoms with Crippen molar-refractivity contribution in [1.82, 2.24) is 4.98 Å². The molecule has 1 heterocycles. The lowest BCUT2D eigenvalue weighted by atomic mass is 10.1. The summed E-state index contributed by atoms with van der Waals surface area (Å²) < 4.78 is 0. The highest BCUT2D eigenvalue weighted by Gasteiger charge is 2.13. The molecule has 0 aliphatic rings. The number of ketones is 1. The van der Waals surface area contributed by atoms with E-state index in [1.807, 2.05) is 0 Å². The first-order valence-corrected chi connectivity index (χ1v) is 6.61. The molecule has 1 aromatic heterocycles. The highest BCUT2D eigenvalue weighted by Crippen LogP contribution is 2.23. The van der Waals surface area contributed by atoms with Gasteiger partial charge in [-0.1, -0.05) is 31.6 Å². The maximum absolute atomic E-state index is 11.2. The molecule has 0 radical (unpaired) electrons. The second kappa shape index (κ2) is 5.99. The summed E-state index contributed by atoms with van der Waals surface area (Å²) in [6.45, 7) is 10.1. The van der Waals surface area contributed by atoms with Crippen LogP contribution < -0.4 is 4.90 Å². The molecule has 1 unspecified atom stereocenters. The zero-order valence-electron chi connectivity index (χ0n) is 10.5. The second-order valence-electron chi connectivity index (χ2n) is 4.12. The Morgan fingerprint density at radius 3 is 2.69 bits per heavy atom. The third-order valence-electron chi connectivity index (χ3n) is 2.72. The molecule has 3 nitrogen and oxygen atoms in total. The first-order valence-electron chi connectivity index (χ1n) is 5.80. The van der Waals surface area contributed by atoms with Crippen LogP contribution in [0.15, 0.2) is 6.20 Å². The molecule has 0 spiro atoms. The number of carbonyl (C=O) groups is 1. The SMILES string of the molecule is CCC(C)CN(CC)c1ncc(C(C)=O)s1. The van der Waals surface area contributed by atoms with Crippen molar-refractivity contribution in [1.29, 1.82) is 0 Å². The molecule has 90 valence electrons. The maximum Gasteiger partial charge on any atom is 0.185 e. The van der Waals surface area contributed by atoms with E-state index in [2.05, 4.69) is 30.7 Å². The minimum absolute atomic E-state index is 0.100. The lowest BCUT2D eigenvalue weighted by Gasteiger charge is -2.23. The molecule has 0 saturated carbocycles. The third kappa shape index (κ3) is 3.30. The smallest absolute Gasteiger partial charge is 0.185 e. The molecule has 4 heteroatoms. The average molecular weight is 240 g/mol. The van der Waals surface area contributed by atoms with Gasteiger partial charge in [0, 0.05) is 20.0 Å². The van der Waals surface area contributed by atoms with Crippen LogP contribution >= 0.6 is 11.3 Å². The fourth-order valence-corrected chi connectivity index (χ4v) is 2.31. The molecule has 0 aromatic carbocycles. The van der Waals surface area contributed by atoms with Crippen molar-refractivity contribution in [2.45, 2.75) is 34.1 Å². The number of hydrogen-bond donors (Lipinski definition) is 0. The van der Waals surface area contributed by atoms with E-state index < -0.39 is 0 Å². The van der Waals surface area contributed by atoms with Gasteiger partial charge in [-0.2, -0.15) is 0 Å². The van der Waals surface area contributed by atoms with Gasteiger partial charge in [0.15, 0.2) is 10.9 Å². The molecule has 0 amide bonds. The van der Waals surface area contributed by atoms with Crippen LogP contribution in [0.3, 0.4) is 0 Å². The van der Waals surface area contributed by atoms with Crippen molar-refractivity contribution in [2.24, 2.45) is 5.92 Å². The number of hydrogen-bond acceptors (Lipinski definition) is 4. The standard InChI is InChI=1S/C12H20N2OS/c1-5-9(3)8-14(6-2)12-13-7-11(16-12)10(4)15/h7,9H,5-6,8H2,1-4H3. The van der Waals surface area contributed by atoms with Gasteiger partial charge in [0.2, 0.25) is 0 Å². The van der Waals surface area contributed by atoms with Crippen molar-refractivity contribution in [3.8, 4) is 0 Å². The summed E-state index contributed by atoms with van der Waals surface area (Å²) in [7, 11) is 0. The van der Waals surface area contributed by atoms with E-state index >= 15 is 0 Å². The van der Waals surface area contributed by atoms with E-state index in [1.165, 1.54) is 17.8 Å². The minimum Gasteiger partial charge on any atom is -0.348 e. The number of anilines is 1. The van der Waals surface area contributed by atoms with Gasteiger partial charge in [-0.05, 0) is 12.8 Å². The Kier molecular flexibility index (Phi) is 4.93. The van der Waals surface area contributed by atoms with Gasteiger partial charge in [-0.25, -0.2) is 4.98 Å². The van der Waals surface area contributed by atoms with Gasteiger partial charge < -0.3 is 4.90 Å². The van der Waals surface area contributed by atoms with Crippen LogP contribution in [-0.4, -0.2) is 23.9 Å². The van der Waals surface area contributed by atoms with Crippen molar-refractivity contribution >= 4 is 22.3 Å². The van der Waals surface area contributed by atoms with E-state index in [1.54, 1.807) is 13.1 Å². The molecule has 0 saturated heterocycles. The first-order chi connectivity index (χ1) is 7.58. The molecule has 1 aromatic rings. The maximum atomic E-state index is 11.2. The molecule has 0 aliphatic heterocycles. The normalized spacial score (nSPS) is 12.5. The summed E-state index contributed by atoms with van der Waals surface area (Å²) in [6, 6.07) is 0. The van der Waals surface area contributed by atoms with Gasteiger partial charge in [0.1, 0.15) is 0 Å². The summed E-state index contributed by atoms with van der Waals surface area (Å²) in [5, 5.41) is 0.966. The van der Waals surface area contributed by atoms with Gasteiger partial charge in [-0.15, -0.1) is 0 Å². The lowest BCUT2D eigenvalue weighted by molar-refractivity contribution is 0.102. The second-order valence-corrected chi connectivity index (χ2v) is 5.12. The molecule has 0 N–H and O–H groups in total. The van der Waals surface area contributed by atoms with Crippen LogP contribution in [0.25, 0.3) is 0 Å².